The van der Waals surface area contributed by atoms with Gasteiger partial charge in [0.1, 0.15) is 0 Å². The van der Waals surface area contributed by atoms with Crippen LogP contribution in [0.15, 0.2) is 36.4 Å². The van der Waals surface area contributed by atoms with Crippen LogP contribution >= 0.6 is 11.6 Å². The van der Waals surface area contributed by atoms with Gasteiger partial charge in [-0.25, -0.2) is 9.00 Å². The Hall–Kier alpha value is -3.15. The molecule has 3 atom stereocenters. The van der Waals surface area contributed by atoms with E-state index in [0.29, 0.717) is 17.7 Å². The third-order valence-corrected chi connectivity index (χ3v) is 12.2. The van der Waals surface area contributed by atoms with Gasteiger partial charge in [-0.3, -0.25) is 18.5 Å². The molecule has 12 heteroatoms. The Kier molecular flexibility index (Phi) is 30.4. The standard InChI is InChI=1S/C49H80ClN3O7S/c1-5-9-12-15-17-18-19-20-21-22-23-24-26-29-36-59-49(57)47(60-61(58)53-42-37-43(50)46(55)44(38-42)52-45(54)8-4)39-32-34-41(35-33-39)51-48(56)40(30-27-14-11-7-3)31-28-25-16-13-10-6-2/h32-35,37-38,40,47,53,55H,5-31,36H2,1-4H3,(H,51,56)(H,52,54). The lowest BCUT2D eigenvalue weighted by molar-refractivity contribution is -0.152. The van der Waals surface area contributed by atoms with E-state index in [1.807, 2.05) is 0 Å². The van der Waals surface area contributed by atoms with Crippen LogP contribution in [0, 0.1) is 5.92 Å². The van der Waals surface area contributed by atoms with Gasteiger partial charge in [-0.1, -0.05) is 199 Å². The summed E-state index contributed by atoms with van der Waals surface area (Å²) in [6.07, 6.45) is 29.1. The highest BCUT2D eigenvalue weighted by molar-refractivity contribution is 7.81. The van der Waals surface area contributed by atoms with Crippen LogP contribution < -0.4 is 15.4 Å². The highest BCUT2D eigenvalue weighted by Crippen LogP contribution is 2.36. The molecule has 0 saturated heterocycles. The van der Waals surface area contributed by atoms with Crippen LogP contribution in [-0.2, 0) is 34.6 Å². The Morgan fingerprint density at radius 3 is 1.62 bits per heavy atom. The number of phenols is 1. The fourth-order valence-corrected chi connectivity index (χ4v) is 8.30. The number of carbonyl (C=O) groups is 3. The number of hydrogen-bond donors (Lipinski definition) is 4. The smallest absolute Gasteiger partial charge is 0.341 e. The van der Waals surface area contributed by atoms with Crippen LogP contribution in [0.3, 0.4) is 0 Å². The molecular weight excluding hydrogens is 810 g/mol. The van der Waals surface area contributed by atoms with Gasteiger partial charge in [0.2, 0.25) is 11.8 Å². The summed E-state index contributed by atoms with van der Waals surface area (Å²) in [6.45, 7) is 8.53. The van der Waals surface area contributed by atoms with Gasteiger partial charge in [0.25, 0.3) is 11.3 Å². The zero-order valence-electron chi connectivity index (χ0n) is 38.1. The number of rotatable bonds is 37. The first-order valence-electron chi connectivity index (χ1n) is 23.9. The van der Waals surface area contributed by atoms with Gasteiger partial charge in [0, 0.05) is 18.0 Å². The fourth-order valence-electron chi connectivity index (χ4n) is 7.36. The van der Waals surface area contributed by atoms with Crippen LogP contribution in [0.4, 0.5) is 17.1 Å². The largest absolute Gasteiger partial charge is 0.504 e. The predicted molar refractivity (Wildman–Crippen MR) is 254 cm³/mol. The second-order valence-electron chi connectivity index (χ2n) is 16.5. The molecule has 0 aliphatic heterocycles. The second kappa shape index (κ2) is 34.3. The number of unbranched alkanes of at least 4 members (excludes halogenated alkanes) is 21. The highest BCUT2D eigenvalue weighted by Gasteiger charge is 2.27. The molecule has 2 amide bonds. The van der Waals surface area contributed by atoms with E-state index in [4.69, 9.17) is 20.5 Å². The number of halogens is 1. The van der Waals surface area contributed by atoms with Crippen LogP contribution in [0.2, 0.25) is 5.02 Å². The molecule has 0 saturated carbocycles. The van der Waals surface area contributed by atoms with Gasteiger partial charge < -0.3 is 20.5 Å². The van der Waals surface area contributed by atoms with Crippen molar-refractivity contribution in [1.29, 1.82) is 0 Å². The van der Waals surface area contributed by atoms with E-state index in [2.05, 4.69) is 36.1 Å². The van der Waals surface area contributed by atoms with Gasteiger partial charge >= 0.3 is 5.97 Å². The number of nitrogens with one attached hydrogen (secondary N) is 3. The Bertz CT molecular complexity index is 1530. The van der Waals surface area contributed by atoms with Gasteiger partial charge in [-0.2, -0.15) is 0 Å². The van der Waals surface area contributed by atoms with Crippen LogP contribution in [0.1, 0.15) is 213 Å². The summed E-state index contributed by atoms with van der Waals surface area (Å²) in [5.74, 6) is -1.43. The lowest BCUT2D eigenvalue weighted by Crippen LogP contribution is -2.24. The maximum Gasteiger partial charge on any atom is 0.341 e. The number of hydrogen-bond acceptors (Lipinski definition) is 7. The van der Waals surface area contributed by atoms with Crippen molar-refractivity contribution < 1.29 is 32.6 Å². The van der Waals surface area contributed by atoms with Crippen LogP contribution in [0.25, 0.3) is 0 Å². The Labute approximate surface area is 376 Å². The molecule has 61 heavy (non-hydrogen) atoms. The molecule has 0 aliphatic carbocycles. The molecule has 0 bridgehead atoms. The van der Waals surface area contributed by atoms with Gasteiger partial charge in [-0.05, 0) is 49.1 Å². The molecule has 2 aromatic rings. The minimum Gasteiger partial charge on any atom is -0.504 e. The summed E-state index contributed by atoms with van der Waals surface area (Å²) in [4.78, 5) is 39.1. The average Bonchev–Trinajstić information content (AvgIpc) is 3.25. The second-order valence-corrected chi connectivity index (χ2v) is 17.8. The van der Waals surface area contributed by atoms with Crippen molar-refractivity contribution in [1.82, 2.24) is 0 Å². The SMILES string of the molecule is CCCCCCCCCCCCCCCCOC(=O)C(OS(=O)Nc1cc(Cl)c(O)c(NC(=O)CC)c1)c1ccc(NC(=O)C(CCCCCC)CCCCCCCC)cc1. The van der Waals surface area contributed by atoms with E-state index in [0.717, 1.165) is 64.2 Å². The topological polar surface area (TPSA) is 143 Å². The monoisotopic (exact) mass is 890 g/mol. The molecule has 0 heterocycles. The van der Waals surface area contributed by atoms with Crippen molar-refractivity contribution >= 4 is 57.7 Å². The molecule has 2 rings (SSSR count). The minimum atomic E-state index is -2.28. The number of esters is 1. The predicted octanol–water partition coefficient (Wildman–Crippen LogP) is 14.4. The first kappa shape index (κ1) is 54.0. The van der Waals surface area contributed by atoms with E-state index >= 15 is 0 Å². The summed E-state index contributed by atoms with van der Waals surface area (Å²) in [7, 11) is 0. The molecular formula is C49H80ClN3O7S. The zero-order valence-corrected chi connectivity index (χ0v) is 39.7. The molecule has 0 radical (unpaired) electrons. The Morgan fingerprint density at radius 1 is 0.639 bits per heavy atom. The molecule has 346 valence electrons. The summed E-state index contributed by atoms with van der Waals surface area (Å²) in [5.41, 5.74) is 1.23. The van der Waals surface area contributed by atoms with Crippen molar-refractivity contribution in [3.63, 3.8) is 0 Å². The van der Waals surface area contributed by atoms with Crippen molar-refractivity contribution in [2.24, 2.45) is 5.92 Å². The number of phenolic OH excluding ortho intramolecular Hbond substituents is 1. The fraction of sp³-hybridized carbons (Fsp3) is 0.694. The summed E-state index contributed by atoms with van der Waals surface area (Å²) in [6, 6.07) is 9.50. The summed E-state index contributed by atoms with van der Waals surface area (Å²) >= 11 is 3.92. The first-order chi connectivity index (χ1) is 29.6. The van der Waals surface area contributed by atoms with Crippen LogP contribution in [-0.4, -0.2) is 33.7 Å². The van der Waals surface area contributed by atoms with Crippen molar-refractivity contribution in [3.8, 4) is 5.75 Å². The third kappa shape index (κ3) is 24.3. The average molecular weight is 891 g/mol. The normalized spacial score (nSPS) is 12.7. The van der Waals surface area contributed by atoms with Gasteiger partial charge in [-0.15, -0.1) is 0 Å². The third-order valence-electron chi connectivity index (χ3n) is 11.2. The van der Waals surface area contributed by atoms with Crippen molar-refractivity contribution in [2.75, 3.05) is 22.0 Å². The molecule has 3 unspecified atom stereocenters. The van der Waals surface area contributed by atoms with E-state index in [1.54, 1.807) is 31.2 Å². The van der Waals surface area contributed by atoms with E-state index in [1.165, 1.54) is 108 Å². The zero-order chi connectivity index (χ0) is 44.5. The van der Waals surface area contributed by atoms with Crippen molar-refractivity contribution in [3.05, 3.63) is 47.0 Å². The minimum absolute atomic E-state index is 0.00513. The number of ether oxygens (including phenoxy) is 1. The number of benzene rings is 2. The summed E-state index contributed by atoms with van der Waals surface area (Å²) in [5, 5.41) is 16.0. The molecule has 4 N–H and O–H groups in total. The number of aromatic hydroxyl groups is 1. The number of amides is 2. The number of anilines is 3. The van der Waals surface area contributed by atoms with E-state index in [-0.39, 0.29) is 52.9 Å². The van der Waals surface area contributed by atoms with E-state index < -0.39 is 23.3 Å². The van der Waals surface area contributed by atoms with Gasteiger partial charge in [0.05, 0.1) is 23.0 Å². The Morgan fingerprint density at radius 2 is 1.11 bits per heavy atom. The molecule has 0 aliphatic rings. The van der Waals surface area contributed by atoms with Crippen molar-refractivity contribution in [2.45, 2.75) is 207 Å². The lowest BCUT2D eigenvalue weighted by atomic mass is 9.93. The molecule has 0 fully saturated rings. The first-order valence-corrected chi connectivity index (χ1v) is 25.3. The van der Waals surface area contributed by atoms with Crippen LogP contribution in [0.5, 0.6) is 5.75 Å². The van der Waals surface area contributed by atoms with E-state index in [9.17, 15) is 23.7 Å². The maximum atomic E-state index is 13.6. The molecule has 2 aromatic carbocycles. The quantitative estimate of drug-likeness (QED) is 0.0229. The maximum absolute atomic E-state index is 13.6. The lowest BCUT2D eigenvalue weighted by Gasteiger charge is -2.19. The molecule has 10 nitrogen and oxygen atoms in total. The molecule has 0 aromatic heterocycles. The Balaban J connectivity index is 2.06. The van der Waals surface area contributed by atoms with Gasteiger partial charge in [0.15, 0.2) is 11.9 Å². The molecule has 0 spiro atoms. The summed E-state index contributed by atoms with van der Waals surface area (Å²) < 4.78 is 27.5. The highest BCUT2D eigenvalue weighted by atomic mass is 35.5. The number of carbonyl (C=O) groups excluding carboxylic acids is 3.